The van der Waals surface area contributed by atoms with Crippen molar-refractivity contribution in [2.75, 3.05) is 20.1 Å². The molecule has 1 unspecified atom stereocenters. The molecule has 3 aromatic carbocycles. The van der Waals surface area contributed by atoms with Crippen LogP contribution in [0.2, 0.25) is 0 Å². The molecule has 2 fully saturated rings. The summed E-state index contributed by atoms with van der Waals surface area (Å²) in [5.41, 5.74) is 4.44. The maximum atomic E-state index is 13.4. The normalized spacial score (nSPS) is 27.5. The lowest BCUT2D eigenvalue weighted by Gasteiger charge is -2.60. The Bertz CT molecular complexity index is 1560. The Balaban J connectivity index is 1.19. The summed E-state index contributed by atoms with van der Waals surface area (Å²) in [6.45, 7) is 3.04. The minimum atomic E-state index is -0.315. The molecular weight excluding hydrogens is 524 g/mol. The van der Waals surface area contributed by atoms with E-state index in [9.17, 15) is 9.59 Å². The Morgan fingerprint density at radius 2 is 1.81 bits per heavy atom. The summed E-state index contributed by atoms with van der Waals surface area (Å²) in [4.78, 5) is 29.9. The van der Waals surface area contributed by atoms with Gasteiger partial charge in [-0.05, 0) is 67.5 Å². The first-order chi connectivity index (χ1) is 20.5. The smallest absolute Gasteiger partial charge is 0.303 e. The first-order valence-corrected chi connectivity index (χ1v) is 15.0. The first-order valence-electron chi connectivity index (χ1n) is 15.0. The number of benzene rings is 3. The SMILES string of the molecule is CC(=O)OC(CN1CC[C@]23c4c5cccc4O[C@H]2[C@@H](N(C)C(=O)C#Cc2ccccc2)CC[C@H]3[C@H]1C5)c1ccccc1. The largest absolute Gasteiger partial charge is 0.487 e. The molecule has 0 N–H and O–H groups in total. The fourth-order valence-corrected chi connectivity index (χ4v) is 8.37. The molecule has 2 aliphatic carbocycles. The van der Waals surface area contributed by atoms with E-state index in [1.807, 2.05) is 72.6 Å². The van der Waals surface area contributed by atoms with Gasteiger partial charge in [0.15, 0.2) is 0 Å². The van der Waals surface area contributed by atoms with E-state index in [0.29, 0.717) is 18.5 Å². The number of likely N-dealkylation sites (N-methyl/N-ethyl adjacent to an activating group) is 1. The lowest BCUT2D eigenvalue weighted by Crippen LogP contribution is -2.69. The van der Waals surface area contributed by atoms with Gasteiger partial charge in [0.2, 0.25) is 0 Å². The third-order valence-electron chi connectivity index (χ3n) is 10.1. The molecule has 3 aromatic rings. The lowest BCUT2D eigenvalue weighted by atomic mass is 9.51. The number of ether oxygens (including phenoxy) is 2. The van der Waals surface area contributed by atoms with Gasteiger partial charge in [0.25, 0.3) is 5.91 Å². The number of carbonyl (C=O) groups is 2. The Morgan fingerprint density at radius 3 is 2.57 bits per heavy atom. The van der Waals surface area contributed by atoms with Crippen LogP contribution in [0.3, 0.4) is 0 Å². The number of amides is 1. The molecule has 42 heavy (non-hydrogen) atoms. The van der Waals surface area contributed by atoms with Crippen LogP contribution in [0.5, 0.6) is 5.75 Å². The molecule has 1 amide bonds. The van der Waals surface area contributed by atoms with E-state index < -0.39 is 0 Å². The minimum Gasteiger partial charge on any atom is -0.487 e. The quantitative estimate of drug-likeness (QED) is 0.328. The fourth-order valence-electron chi connectivity index (χ4n) is 8.37. The predicted molar refractivity (Wildman–Crippen MR) is 160 cm³/mol. The van der Waals surface area contributed by atoms with E-state index in [2.05, 4.69) is 34.9 Å². The second-order valence-electron chi connectivity index (χ2n) is 12.2. The van der Waals surface area contributed by atoms with Gasteiger partial charge in [-0.3, -0.25) is 14.5 Å². The number of carbonyl (C=O) groups excluding carboxylic acids is 2. The summed E-state index contributed by atoms with van der Waals surface area (Å²) in [5, 5.41) is 0. The lowest BCUT2D eigenvalue weighted by molar-refractivity contribution is -0.150. The predicted octanol–water partition coefficient (Wildman–Crippen LogP) is 4.91. The van der Waals surface area contributed by atoms with Crippen molar-refractivity contribution in [1.29, 1.82) is 0 Å². The van der Waals surface area contributed by atoms with Crippen molar-refractivity contribution in [2.24, 2.45) is 5.92 Å². The van der Waals surface area contributed by atoms with Gasteiger partial charge >= 0.3 is 5.97 Å². The van der Waals surface area contributed by atoms with Crippen molar-refractivity contribution >= 4 is 11.9 Å². The first kappa shape index (κ1) is 26.8. The topological polar surface area (TPSA) is 59.1 Å². The molecule has 1 saturated carbocycles. The Hall–Kier alpha value is -4.08. The van der Waals surface area contributed by atoms with Gasteiger partial charge in [-0.25, -0.2) is 0 Å². The van der Waals surface area contributed by atoms with E-state index in [-0.39, 0.29) is 35.5 Å². The van der Waals surface area contributed by atoms with E-state index >= 15 is 0 Å². The molecule has 1 saturated heterocycles. The molecule has 6 heteroatoms. The average Bonchev–Trinajstić information content (AvgIpc) is 3.35. The van der Waals surface area contributed by atoms with Crippen LogP contribution in [0.4, 0.5) is 0 Å². The number of likely N-dealkylation sites (tertiary alicyclic amines) is 1. The highest BCUT2D eigenvalue weighted by Gasteiger charge is 2.66. The molecule has 214 valence electrons. The molecular formula is C36H36N2O4. The highest BCUT2D eigenvalue weighted by atomic mass is 16.5. The Morgan fingerprint density at radius 1 is 1.05 bits per heavy atom. The monoisotopic (exact) mass is 560 g/mol. The average molecular weight is 561 g/mol. The number of nitrogens with zero attached hydrogens (tertiary/aromatic N) is 2. The van der Waals surface area contributed by atoms with Gasteiger partial charge in [-0.2, -0.15) is 0 Å². The summed E-state index contributed by atoms with van der Waals surface area (Å²) in [5.74, 6) is 6.87. The number of rotatable bonds is 5. The van der Waals surface area contributed by atoms with Crippen LogP contribution < -0.4 is 4.74 Å². The third kappa shape index (κ3) is 4.39. The molecule has 1 spiro atoms. The van der Waals surface area contributed by atoms with Crippen LogP contribution in [0, 0.1) is 17.8 Å². The molecule has 6 nitrogen and oxygen atoms in total. The summed E-state index contributed by atoms with van der Waals surface area (Å²) >= 11 is 0. The Kier molecular flexibility index (Phi) is 6.79. The van der Waals surface area contributed by atoms with Gasteiger partial charge in [-0.15, -0.1) is 0 Å². The molecule has 6 atom stereocenters. The van der Waals surface area contributed by atoms with Crippen molar-refractivity contribution in [3.05, 3.63) is 101 Å². The van der Waals surface area contributed by atoms with E-state index in [0.717, 1.165) is 49.1 Å². The zero-order chi connectivity index (χ0) is 28.8. The van der Waals surface area contributed by atoms with Crippen molar-refractivity contribution in [2.45, 2.75) is 62.3 Å². The molecule has 0 radical (unpaired) electrons. The maximum Gasteiger partial charge on any atom is 0.303 e. The summed E-state index contributed by atoms with van der Waals surface area (Å²) in [6.07, 6.45) is 3.35. The second-order valence-corrected chi connectivity index (χ2v) is 12.2. The van der Waals surface area contributed by atoms with Crippen molar-refractivity contribution in [3.63, 3.8) is 0 Å². The van der Waals surface area contributed by atoms with E-state index in [1.54, 1.807) is 0 Å². The van der Waals surface area contributed by atoms with Crippen LogP contribution in [0.1, 0.15) is 54.5 Å². The minimum absolute atomic E-state index is 0.0533. The number of hydrogen-bond donors (Lipinski definition) is 0. The molecule has 2 heterocycles. The highest BCUT2D eigenvalue weighted by Crippen LogP contribution is 2.62. The fraction of sp³-hybridized carbons (Fsp3) is 0.389. The molecule has 4 aliphatic rings. The van der Waals surface area contributed by atoms with Gasteiger partial charge in [0, 0.05) is 49.0 Å². The zero-order valence-electron chi connectivity index (χ0n) is 24.2. The van der Waals surface area contributed by atoms with Gasteiger partial charge < -0.3 is 14.4 Å². The van der Waals surface area contributed by atoms with E-state index in [1.165, 1.54) is 18.1 Å². The van der Waals surface area contributed by atoms with Crippen molar-refractivity contribution in [3.8, 4) is 17.6 Å². The number of hydrogen-bond acceptors (Lipinski definition) is 5. The maximum absolute atomic E-state index is 13.4. The van der Waals surface area contributed by atoms with Gasteiger partial charge in [-0.1, -0.05) is 66.6 Å². The summed E-state index contributed by atoms with van der Waals surface area (Å²) < 4.78 is 12.7. The van der Waals surface area contributed by atoms with E-state index in [4.69, 9.17) is 9.47 Å². The second kappa shape index (κ2) is 10.6. The number of piperidine rings is 1. The third-order valence-corrected chi connectivity index (χ3v) is 10.1. The molecule has 2 bridgehead atoms. The van der Waals surface area contributed by atoms with Crippen LogP contribution >= 0.6 is 0 Å². The highest BCUT2D eigenvalue weighted by molar-refractivity contribution is 5.94. The van der Waals surface area contributed by atoms with Crippen molar-refractivity contribution in [1.82, 2.24) is 9.80 Å². The molecule has 0 aromatic heterocycles. The van der Waals surface area contributed by atoms with Crippen molar-refractivity contribution < 1.29 is 19.1 Å². The van der Waals surface area contributed by atoms with Gasteiger partial charge in [0.05, 0.1) is 6.04 Å². The van der Waals surface area contributed by atoms with Crippen LogP contribution in [-0.2, 0) is 26.2 Å². The van der Waals surface area contributed by atoms with Gasteiger partial charge in [0.1, 0.15) is 18.0 Å². The summed E-state index contributed by atoms with van der Waals surface area (Å²) in [6, 6.07) is 26.4. The standard InChI is InChI=1S/C36H36N2O4/c1-24(39)41-32(26-12-7-4-8-13-26)23-38-21-20-36-28-17-18-29(37(2)33(40)19-16-25-10-5-3-6-11-25)35(36)42-31-15-9-14-27(34(31)36)22-30(28)38/h3-15,28-30,32,35H,17-18,20-23H2,1-2H3/t28-,29-,30+,32?,35-,36-/m0/s1. The van der Waals surface area contributed by atoms with Crippen LogP contribution in [0.15, 0.2) is 78.9 Å². The number of esters is 1. The molecule has 2 aliphatic heterocycles. The summed E-state index contributed by atoms with van der Waals surface area (Å²) in [7, 11) is 1.88. The Labute approximate surface area is 247 Å². The van der Waals surface area contributed by atoms with Crippen LogP contribution in [-0.4, -0.2) is 60.0 Å². The zero-order valence-corrected chi connectivity index (χ0v) is 24.2. The van der Waals surface area contributed by atoms with Crippen LogP contribution in [0.25, 0.3) is 0 Å². The molecule has 7 rings (SSSR count).